The van der Waals surface area contributed by atoms with E-state index in [0.717, 1.165) is 21.0 Å². The molecule has 0 radical (unpaired) electrons. The van der Waals surface area contributed by atoms with Crippen LogP contribution in [0.5, 0.6) is 5.75 Å². The maximum atomic E-state index is 12.6. The van der Waals surface area contributed by atoms with E-state index in [0.29, 0.717) is 22.9 Å². The first-order valence-electron chi connectivity index (χ1n) is 9.74. The van der Waals surface area contributed by atoms with E-state index in [1.54, 1.807) is 12.3 Å². The second-order valence-electron chi connectivity index (χ2n) is 7.22. The third kappa shape index (κ3) is 6.17. The number of para-hydroxylation sites is 1. The molecule has 0 spiro atoms. The van der Waals surface area contributed by atoms with Crippen molar-refractivity contribution in [1.82, 2.24) is 4.98 Å². The predicted molar refractivity (Wildman–Crippen MR) is 126 cm³/mol. The lowest BCUT2D eigenvalue weighted by Gasteiger charge is -2.12. The third-order valence-corrected chi connectivity index (χ3v) is 5.66. The molecule has 0 aliphatic rings. The molecule has 2 aromatic carbocycles. The Morgan fingerprint density at radius 2 is 2.10 bits per heavy atom. The number of rotatable bonds is 7. The average Bonchev–Trinajstić information content (AvgIpc) is 3.16. The standard InChI is InChI=1S/C24H22ClN3O2S/c1-15(2)30-22-7-5-4-6-18(22)12-19(13-26)23(29)28-24-27-14-20(31-24)10-17-9-8-16(3)21(25)11-17/h4-9,11-12,14-15H,10H2,1-3H3,(H,27,28,29). The summed E-state index contributed by atoms with van der Waals surface area (Å²) < 4.78 is 5.76. The van der Waals surface area contributed by atoms with Crippen LogP contribution >= 0.6 is 22.9 Å². The zero-order valence-electron chi connectivity index (χ0n) is 17.5. The molecule has 0 bridgehead atoms. The van der Waals surface area contributed by atoms with E-state index in [1.165, 1.54) is 17.4 Å². The van der Waals surface area contributed by atoms with Crippen molar-refractivity contribution in [2.24, 2.45) is 0 Å². The number of carbonyl (C=O) groups is 1. The van der Waals surface area contributed by atoms with Gasteiger partial charge in [0.25, 0.3) is 5.91 Å². The second-order valence-corrected chi connectivity index (χ2v) is 8.74. The molecule has 0 aliphatic carbocycles. The lowest BCUT2D eigenvalue weighted by atomic mass is 10.1. The average molecular weight is 452 g/mol. The van der Waals surface area contributed by atoms with Gasteiger partial charge in [-0.3, -0.25) is 10.1 Å². The van der Waals surface area contributed by atoms with Crippen LogP contribution in [0.15, 0.2) is 54.2 Å². The number of nitrogens with one attached hydrogen (secondary N) is 1. The highest BCUT2D eigenvalue weighted by Crippen LogP contribution is 2.25. The van der Waals surface area contributed by atoms with Crippen molar-refractivity contribution in [2.45, 2.75) is 33.3 Å². The number of halogens is 1. The minimum atomic E-state index is -0.513. The number of hydrogen-bond donors (Lipinski definition) is 1. The fourth-order valence-corrected chi connectivity index (χ4v) is 3.87. The Balaban J connectivity index is 1.73. The van der Waals surface area contributed by atoms with Crippen molar-refractivity contribution < 1.29 is 9.53 Å². The lowest BCUT2D eigenvalue weighted by Crippen LogP contribution is -2.13. The van der Waals surface area contributed by atoms with E-state index in [2.05, 4.69) is 10.3 Å². The first-order valence-corrected chi connectivity index (χ1v) is 10.9. The third-order valence-electron chi connectivity index (χ3n) is 4.34. The van der Waals surface area contributed by atoms with E-state index >= 15 is 0 Å². The Bertz CT molecular complexity index is 1160. The minimum absolute atomic E-state index is 0.0222. The molecule has 1 amide bonds. The molecule has 1 aromatic heterocycles. The van der Waals surface area contributed by atoms with Gasteiger partial charge in [0.05, 0.1) is 6.10 Å². The Labute approximate surface area is 191 Å². The van der Waals surface area contributed by atoms with Crippen molar-refractivity contribution >= 4 is 40.1 Å². The molecule has 158 valence electrons. The van der Waals surface area contributed by atoms with Crippen LogP contribution in [0.1, 0.15) is 35.4 Å². The van der Waals surface area contributed by atoms with Gasteiger partial charge >= 0.3 is 0 Å². The van der Waals surface area contributed by atoms with Crippen LogP contribution in [-0.4, -0.2) is 17.0 Å². The summed E-state index contributed by atoms with van der Waals surface area (Å²) in [7, 11) is 0. The number of ether oxygens (including phenoxy) is 1. The number of thiazole rings is 1. The SMILES string of the molecule is Cc1ccc(Cc2cnc(NC(=O)C(C#N)=Cc3ccccc3OC(C)C)s2)cc1Cl. The van der Waals surface area contributed by atoms with Gasteiger partial charge in [0.2, 0.25) is 0 Å². The number of amides is 1. The number of aryl methyl sites for hydroxylation is 1. The fourth-order valence-electron chi connectivity index (χ4n) is 2.82. The van der Waals surface area contributed by atoms with Crippen molar-refractivity contribution in [1.29, 1.82) is 5.26 Å². The van der Waals surface area contributed by atoms with Crippen LogP contribution in [0.3, 0.4) is 0 Å². The summed E-state index contributed by atoms with van der Waals surface area (Å²) in [6, 6.07) is 15.2. The molecular formula is C24H22ClN3O2S. The van der Waals surface area contributed by atoms with E-state index in [9.17, 15) is 10.1 Å². The Morgan fingerprint density at radius 3 is 2.81 bits per heavy atom. The number of anilines is 1. The van der Waals surface area contributed by atoms with Crippen molar-refractivity contribution in [3.05, 3.63) is 80.8 Å². The van der Waals surface area contributed by atoms with Gasteiger partial charge in [0, 0.05) is 28.1 Å². The minimum Gasteiger partial charge on any atom is -0.490 e. The molecule has 0 saturated carbocycles. The molecule has 3 rings (SSSR count). The highest BCUT2D eigenvalue weighted by atomic mass is 35.5. The normalized spacial score (nSPS) is 11.3. The van der Waals surface area contributed by atoms with Crippen molar-refractivity contribution in [3.8, 4) is 11.8 Å². The van der Waals surface area contributed by atoms with Gasteiger partial charge in [0.15, 0.2) is 5.13 Å². The topological polar surface area (TPSA) is 75.0 Å². The van der Waals surface area contributed by atoms with Gasteiger partial charge in [0.1, 0.15) is 17.4 Å². The van der Waals surface area contributed by atoms with E-state index in [-0.39, 0.29) is 11.7 Å². The molecule has 31 heavy (non-hydrogen) atoms. The van der Waals surface area contributed by atoms with Crippen LogP contribution in [0, 0.1) is 18.3 Å². The van der Waals surface area contributed by atoms with Crippen LogP contribution in [0.4, 0.5) is 5.13 Å². The number of hydrogen-bond acceptors (Lipinski definition) is 5. The van der Waals surface area contributed by atoms with Crippen molar-refractivity contribution in [3.63, 3.8) is 0 Å². The van der Waals surface area contributed by atoms with E-state index in [1.807, 2.05) is 63.2 Å². The van der Waals surface area contributed by atoms with Crippen LogP contribution in [0.25, 0.3) is 6.08 Å². The number of carbonyl (C=O) groups excluding carboxylic acids is 1. The quantitative estimate of drug-likeness (QED) is 0.351. The predicted octanol–water partition coefficient (Wildman–Crippen LogP) is 6.03. The van der Waals surface area contributed by atoms with Gasteiger partial charge in [-0.1, -0.05) is 41.9 Å². The molecule has 0 saturated heterocycles. The monoisotopic (exact) mass is 451 g/mol. The van der Waals surface area contributed by atoms with Gasteiger partial charge in [-0.15, -0.1) is 11.3 Å². The summed E-state index contributed by atoms with van der Waals surface area (Å²) in [5.41, 5.74) is 2.73. The Kier molecular flexibility index (Phi) is 7.45. The smallest absolute Gasteiger partial charge is 0.268 e. The molecule has 1 heterocycles. The molecule has 1 N–H and O–H groups in total. The van der Waals surface area contributed by atoms with Gasteiger partial charge in [-0.2, -0.15) is 5.26 Å². The first-order chi connectivity index (χ1) is 14.9. The largest absolute Gasteiger partial charge is 0.490 e. The van der Waals surface area contributed by atoms with Crippen molar-refractivity contribution in [2.75, 3.05) is 5.32 Å². The Morgan fingerprint density at radius 1 is 1.32 bits per heavy atom. The second kappa shape index (κ2) is 10.3. The molecule has 3 aromatic rings. The molecule has 0 atom stereocenters. The molecule has 0 aliphatic heterocycles. The summed E-state index contributed by atoms with van der Waals surface area (Å²) in [5.74, 6) is 0.104. The summed E-state index contributed by atoms with van der Waals surface area (Å²) >= 11 is 7.56. The highest BCUT2D eigenvalue weighted by Gasteiger charge is 2.14. The van der Waals surface area contributed by atoms with Gasteiger partial charge in [-0.05, 0) is 50.1 Å². The molecule has 5 nitrogen and oxygen atoms in total. The number of aromatic nitrogens is 1. The molecule has 0 fully saturated rings. The zero-order chi connectivity index (χ0) is 22.4. The van der Waals surface area contributed by atoms with Gasteiger partial charge < -0.3 is 4.74 Å². The van der Waals surface area contributed by atoms with Crippen LogP contribution in [-0.2, 0) is 11.2 Å². The highest BCUT2D eigenvalue weighted by molar-refractivity contribution is 7.15. The van der Waals surface area contributed by atoms with E-state index in [4.69, 9.17) is 16.3 Å². The van der Waals surface area contributed by atoms with Gasteiger partial charge in [-0.25, -0.2) is 4.98 Å². The van der Waals surface area contributed by atoms with Crippen LogP contribution < -0.4 is 10.1 Å². The summed E-state index contributed by atoms with van der Waals surface area (Å²) in [6.07, 6.45) is 3.88. The first kappa shape index (κ1) is 22.5. The van der Waals surface area contributed by atoms with E-state index < -0.39 is 5.91 Å². The van der Waals surface area contributed by atoms with Crippen LogP contribution in [0.2, 0.25) is 5.02 Å². The maximum Gasteiger partial charge on any atom is 0.268 e. The molecule has 7 heteroatoms. The summed E-state index contributed by atoms with van der Waals surface area (Å²) in [6.45, 7) is 5.80. The Hall–Kier alpha value is -3.14. The summed E-state index contributed by atoms with van der Waals surface area (Å²) in [4.78, 5) is 17.9. The molecule has 0 unspecified atom stereocenters. The number of nitriles is 1. The number of benzene rings is 2. The lowest BCUT2D eigenvalue weighted by molar-refractivity contribution is -0.112. The fraction of sp³-hybridized carbons (Fsp3) is 0.208. The number of nitrogens with zero attached hydrogens (tertiary/aromatic N) is 2. The zero-order valence-corrected chi connectivity index (χ0v) is 19.1. The summed E-state index contributed by atoms with van der Waals surface area (Å²) in [5, 5.41) is 13.4. The maximum absolute atomic E-state index is 12.6. The molecular weight excluding hydrogens is 430 g/mol.